The van der Waals surface area contributed by atoms with Gasteiger partial charge in [0.05, 0.1) is 11.2 Å². The van der Waals surface area contributed by atoms with Gasteiger partial charge in [-0.1, -0.05) is 24.3 Å². The molecule has 29 heavy (non-hydrogen) atoms. The van der Waals surface area contributed by atoms with Gasteiger partial charge in [-0.15, -0.1) is 0 Å². The van der Waals surface area contributed by atoms with E-state index in [1.165, 1.54) is 24.3 Å². The summed E-state index contributed by atoms with van der Waals surface area (Å²) in [5.74, 6) is 0. The molecule has 1 aliphatic heterocycles. The highest BCUT2D eigenvalue weighted by Crippen LogP contribution is 2.39. The first-order valence-electron chi connectivity index (χ1n) is 9.43. The van der Waals surface area contributed by atoms with E-state index in [1.54, 1.807) is 20.8 Å². The smallest absolute Gasteiger partial charge is 0.444 e. The van der Waals surface area contributed by atoms with Crippen LogP contribution in [0.15, 0.2) is 24.3 Å². The Hall–Kier alpha value is -1.74. The fraction of sp³-hybridized carbons (Fsp3) is 0.650. The summed E-state index contributed by atoms with van der Waals surface area (Å²) in [7, 11) is 0.399. The zero-order valence-electron chi connectivity index (χ0n) is 18.2. The Balaban J connectivity index is 2.27. The zero-order valence-corrected chi connectivity index (χ0v) is 18.2. The van der Waals surface area contributed by atoms with Crippen LogP contribution in [0.25, 0.3) is 0 Å². The third kappa shape index (κ3) is 5.25. The Morgan fingerprint density at radius 2 is 1.48 bits per heavy atom. The number of benzene rings is 1. The quantitative estimate of drug-likeness (QED) is 0.685. The van der Waals surface area contributed by atoms with E-state index in [2.05, 4.69) is 0 Å². The normalized spacial score (nSPS) is 19.8. The first kappa shape index (κ1) is 23.5. The van der Waals surface area contributed by atoms with Crippen LogP contribution in [0.5, 0.6) is 0 Å². The Morgan fingerprint density at radius 3 is 1.86 bits per heavy atom. The van der Waals surface area contributed by atoms with Crippen LogP contribution in [0.2, 0.25) is 0 Å². The summed E-state index contributed by atoms with van der Waals surface area (Å²) >= 11 is 0. The van der Waals surface area contributed by atoms with Crippen LogP contribution in [-0.2, 0) is 14.0 Å². The van der Waals surface area contributed by atoms with E-state index >= 15 is 0 Å². The Labute approximate surface area is 170 Å². The number of hydrogen-bond donors (Lipinski definition) is 0. The van der Waals surface area contributed by atoms with E-state index < -0.39 is 42.2 Å². The van der Waals surface area contributed by atoms with Gasteiger partial charge >= 0.3 is 19.4 Å². The lowest BCUT2D eigenvalue weighted by atomic mass is 9.78. The lowest BCUT2D eigenvalue weighted by Gasteiger charge is -2.32. The number of ether oxygens (including phenoxy) is 1. The van der Waals surface area contributed by atoms with Gasteiger partial charge in [0.15, 0.2) is 6.04 Å². The van der Waals surface area contributed by atoms with Gasteiger partial charge in [0.1, 0.15) is 5.60 Å². The Bertz CT molecular complexity index is 726. The molecule has 1 aromatic carbocycles. The SMILES string of the molecule is CN(C(=O)OC(C)(C)C)C(c1ccc(B2OC(C)(C)C(C)(C)O2)cc1)C(F)(F)F. The first-order valence-corrected chi connectivity index (χ1v) is 9.43. The lowest BCUT2D eigenvalue weighted by Crippen LogP contribution is -2.42. The topological polar surface area (TPSA) is 48.0 Å². The molecule has 1 aromatic rings. The molecule has 1 heterocycles. The predicted molar refractivity (Wildman–Crippen MR) is 105 cm³/mol. The fourth-order valence-corrected chi connectivity index (χ4v) is 2.89. The van der Waals surface area contributed by atoms with Crippen LogP contribution in [0.4, 0.5) is 18.0 Å². The van der Waals surface area contributed by atoms with E-state index in [-0.39, 0.29) is 5.56 Å². The molecule has 0 spiro atoms. The van der Waals surface area contributed by atoms with E-state index in [0.29, 0.717) is 10.4 Å². The molecular formula is C20H29BF3NO4. The van der Waals surface area contributed by atoms with Crippen LogP contribution in [0, 0.1) is 0 Å². The molecule has 1 fully saturated rings. The number of carbonyl (C=O) groups excluding carboxylic acids is 1. The average Bonchev–Trinajstić information content (AvgIpc) is 2.73. The summed E-state index contributed by atoms with van der Waals surface area (Å²) in [6.07, 6.45) is -5.72. The van der Waals surface area contributed by atoms with Crippen molar-refractivity contribution in [2.75, 3.05) is 7.05 Å². The monoisotopic (exact) mass is 415 g/mol. The van der Waals surface area contributed by atoms with Gasteiger partial charge in [0, 0.05) is 7.05 Å². The third-order valence-corrected chi connectivity index (χ3v) is 5.16. The summed E-state index contributed by atoms with van der Waals surface area (Å²) in [5, 5.41) is 0. The van der Waals surface area contributed by atoms with Gasteiger partial charge in [0.2, 0.25) is 0 Å². The van der Waals surface area contributed by atoms with Gasteiger partial charge in [-0.05, 0) is 59.5 Å². The molecule has 0 aliphatic carbocycles. The van der Waals surface area contributed by atoms with E-state index in [4.69, 9.17) is 14.0 Å². The van der Waals surface area contributed by atoms with Crippen LogP contribution >= 0.6 is 0 Å². The highest BCUT2D eigenvalue weighted by Gasteiger charge is 2.52. The molecule has 162 valence electrons. The van der Waals surface area contributed by atoms with E-state index in [9.17, 15) is 18.0 Å². The highest BCUT2D eigenvalue weighted by molar-refractivity contribution is 6.62. The first-order chi connectivity index (χ1) is 12.9. The minimum atomic E-state index is -4.67. The number of carbonyl (C=O) groups is 1. The average molecular weight is 415 g/mol. The third-order valence-electron chi connectivity index (χ3n) is 5.16. The summed E-state index contributed by atoms with van der Waals surface area (Å²) in [6.45, 7) is 12.4. The Kier molecular flexibility index (Phi) is 6.09. The van der Waals surface area contributed by atoms with Crippen molar-refractivity contribution in [3.63, 3.8) is 0 Å². The number of nitrogens with zero attached hydrogens (tertiary/aromatic N) is 1. The maximum Gasteiger partial charge on any atom is 0.494 e. The molecule has 0 radical (unpaired) electrons. The molecule has 0 bridgehead atoms. The minimum Gasteiger partial charge on any atom is -0.444 e. The van der Waals surface area contributed by atoms with Crippen molar-refractivity contribution >= 4 is 18.7 Å². The van der Waals surface area contributed by atoms with Gasteiger partial charge < -0.3 is 14.0 Å². The van der Waals surface area contributed by atoms with Gasteiger partial charge in [0.25, 0.3) is 0 Å². The molecule has 0 N–H and O–H groups in total. The van der Waals surface area contributed by atoms with Crippen LogP contribution < -0.4 is 5.46 Å². The molecule has 1 unspecified atom stereocenters. The summed E-state index contributed by atoms with van der Waals surface area (Å²) in [5.41, 5.74) is -1.48. The van der Waals surface area contributed by atoms with Crippen LogP contribution in [0.1, 0.15) is 60.1 Å². The molecule has 5 nitrogen and oxygen atoms in total. The number of amides is 1. The molecule has 1 atom stereocenters. The minimum absolute atomic E-state index is 0.0777. The number of halogens is 3. The molecule has 0 aromatic heterocycles. The second-order valence-electron chi connectivity index (χ2n) is 9.29. The molecule has 9 heteroatoms. The standard InChI is InChI=1S/C20H29BF3NO4/c1-17(2,3)27-16(26)25(8)15(20(22,23)24)13-9-11-14(12-10-13)21-28-18(4,5)19(6,7)29-21/h9-12,15H,1-8H3. The summed E-state index contributed by atoms with van der Waals surface area (Å²) < 4.78 is 58.2. The molecule has 1 amide bonds. The van der Waals surface area contributed by atoms with Crippen molar-refractivity contribution in [1.82, 2.24) is 4.90 Å². The highest BCUT2D eigenvalue weighted by atomic mass is 19.4. The van der Waals surface area contributed by atoms with Gasteiger partial charge in [-0.2, -0.15) is 13.2 Å². The number of rotatable bonds is 3. The lowest BCUT2D eigenvalue weighted by molar-refractivity contribution is -0.180. The molecular weight excluding hydrogens is 386 g/mol. The van der Waals surface area contributed by atoms with Crippen molar-refractivity contribution < 1.29 is 32.0 Å². The number of hydrogen-bond acceptors (Lipinski definition) is 4. The molecule has 0 saturated carbocycles. The van der Waals surface area contributed by atoms with Crippen molar-refractivity contribution in [3.05, 3.63) is 29.8 Å². The second kappa shape index (κ2) is 7.50. The van der Waals surface area contributed by atoms with Crippen molar-refractivity contribution in [2.45, 2.75) is 77.5 Å². The molecule has 1 saturated heterocycles. The Morgan fingerprint density at radius 1 is 1.03 bits per heavy atom. The summed E-state index contributed by atoms with van der Waals surface area (Å²) in [4.78, 5) is 12.8. The number of alkyl halides is 3. The maximum absolute atomic E-state index is 13.8. The van der Waals surface area contributed by atoms with Crippen molar-refractivity contribution in [2.24, 2.45) is 0 Å². The summed E-state index contributed by atoms with van der Waals surface area (Å²) in [6, 6.07) is 3.58. The van der Waals surface area contributed by atoms with Crippen LogP contribution in [0.3, 0.4) is 0 Å². The van der Waals surface area contributed by atoms with E-state index in [0.717, 1.165) is 7.05 Å². The second-order valence-corrected chi connectivity index (χ2v) is 9.29. The van der Waals surface area contributed by atoms with E-state index in [1.807, 2.05) is 27.7 Å². The largest absolute Gasteiger partial charge is 0.494 e. The predicted octanol–water partition coefficient (Wildman–Crippen LogP) is 4.46. The fourth-order valence-electron chi connectivity index (χ4n) is 2.89. The van der Waals surface area contributed by atoms with Crippen molar-refractivity contribution in [1.29, 1.82) is 0 Å². The van der Waals surface area contributed by atoms with Crippen molar-refractivity contribution in [3.8, 4) is 0 Å². The van der Waals surface area contributed by atoms with Crippen LogP contribution in [-0.4, -0.2) is 48.1 Å². The maximum atomic E-state index is 13.8. The van der Waals surface area contributed by atoms with Gasteiger partial charge in [-0.25, -0.2) is 4.79 Å². The molecule has 1 aliphatic rings. The zero-order chi connectivity index (χ0) is 22.4. The van der Waals surface area contributed by atoms with Gasteiger partial charge in [-0.3, -0.25) is 4.90 Å². The molecule has 2 rings (SSSR count).